The minimum atomic E-state index is -0.234. The summed E-state index contributed by atoms with van der Waals surface area (Å²) in [6.45, 7) is 3.35. The van der Waals surface area contributed by atoms with E-state index in [4.69, 9.17) is 5.73 Å². The van der Waals surface area contributed by atoms with Crippen LogP contribution in [0.2, 0.25) is 0 Å². The number of likely N-dealkylation sites (tertiary alicyclic amines) is 1. The molecule has 1 unspecified atom stereocenters. The molecule has 1 fully saturated rings. The van der Waals surface area contributed by atoms with Crippen LogP contribution >= 0.6 is 0 Å². The number of nitrogens with two attached hydrogens (primary N) is 1. The van der Waals surface area contributed by atoms with Crippen LogP contribution in [0, 0.1) is 0 Å². The highest BCUT2D eigenvalue weighted by molar-refractivity contribution is 6.00. The van der Waals surface area contributed by atoms with Gasteiger partial charge in [0.1, 0.15) is 0 Å². The average molecular weight is 416 g/mol. The second kappa shape index (κ2) is 9.88. The van der Waals surface area contributed by atoms with E-state index in [0.717, 1.165) is 41.8 Å². The lowest BCUT2D eigenvalue weighted by atomic mass is 9.98. The standard InChI is InChI=1S/C26H29N3O2/c27-15-19-9-11-20(12-10-19)24-7-3-4-8-25(24)26(31)28-16-21-5-1-2-6-22(21)17-29-14-13-23(30)18-29/h1-12,23,30H,13-18,27H2,(H,28,31). The second-order valence-corrected chi connectivity index (χ2v) is 8.08. The van der Waals surface area contributed by atoms with Crippen LogP contribution < -0.4 is 11.1 Å². The van der Waals surface area contributed by atoms with Gasteiger partial charge < -0.3 is 16.2 Å². The Labute approximate surface area is 183 Å². The zero-order chi connectivity index (χ0) is 21.6. The second-order valence-electron chi connectivity index (χ2n) is 8.08. The molecule has 3 aromatic rings. The molecule has 0 spiro atoms. The minimum Gasteiger partial charge on any atom is -0.392 e. The first-order valence-electron chi connectivity index (χ1n) is 10.8. The Morgan fingerprint density at radius 1 is 1.00 bits per heavy atom. The summed E-state index contributed by atoms with van der Waals surface area (Å²) in [7, 11) is 0. The molecule has 5 nitrogen and oxygen atoms in total. The third-order valence-corrected chi connectivity index (χ3v) is 5.87. The van der Waals surface area contributed by atoms with E-state index in [-0.39, 0.29) is 12.0 Å². The normalized spacial score (nSPS) is 16.4. The Bertz CT molecular complexity index is 1030. The SMILES string of the molecule is NCc1ccc(-c2ccccc2C(=O)NCc2ccccc2CN2CCC(O)C2)cc1. The summed E-state index contributed by atoms with van der Waals surface area (Å²) < 4.78 is 0. The number of amides is 1. The third-order valence-electron chi connectivity index (χ3n) is 5.87. The molecule has 31 heavy (non-hydrogen) atoms. The molecule has 4 N–H and O–H groups in total. The average Bonchev–Trinajstić information content (AvgIpc) is 3.23. The number of nitrogens with one attached hydrogen (secondary N) is 1. The van der Waals surface area contributed by atoms with Gasteiger partial charge in [-0.15, -0.1) is 0 Å². The molecule has 0 aliphatic carbocycles. The van der Waals surface area contributed by atoms with Crippen LogP contribution in [0.25, 0.3) is 11.1 Å². The van der Waals surface area contributed by atoms with Crippen molar-refractivity contribution in [3.05, 3.63) is 95.1 Å². The monoisotopic (exact) mass is 415 g/mol. The molecule has 4 rings (SSSR count). The van der Waals surface area contributed by atoms with E-state index in [9.17, 15) is 9.90 Å². The van der Waals surface area contributed by atoms with Gasteiger partial charge in [-0.3, -0.25) is 9.69 Å². The van der Waals surface area contributed by atoms with Crippen molar-refractivity contribution in [1.82, 2.24) is 10.2 Å². The van der Waals surface area contributed by atoms with Crippen molar-refractivity contribution < 1.29 is 9.90 Å². The van der Waals surface area contributed by atoms with Gasteiger partial charge in [0.15, 0.2) is 0 Å². The lowest BCUT2D eigenvalue weighted by molar-refractivity contribution is 0.0951. The van der Waals surface area contributed by atoms with Gasteiger partial charge in [-0.25, -0.2) is 0 Å². The molecule has 1 atom stereocenters. The number of hydrogen-bond donors (Lipinski definition) is 3. The van der Waals surface area contributed by atoms with Crippen molar-refractivity contribution >= 4 is 5.91 Å². The van der Waals surface area contributed by atoms with Crippen molar-refractivity contribution in [3.63, 3.8) is 0 Å². The van der Waals surface area contributed by atoms with Crippen LogP contribution in [0.4, 0.5) is 0 Å². The highest BCUT2D eigenvalue weighted by Gasteiger charge is 2.21. The fraction of sp³-hybridized carbons (Fsp3) is 0.269. The van der Waals surface area contributed by atoms with Crippen molar-refractivity contribution in [2.75, 3.05) is 13.1 Å². The van der Waals surface area contributed by atoms with Crippen LogP contribution in [-0.2, 0) is 19.6 Å². The molecule has 1 aliphatic rings. The van der Waals surface area contributed by atoms with Crippen molar-refractivity contribution in [2.45, 2.75) is 32.2 Å². The van der Waals surface area contributed by atoms with Gasteiger partial charge in [0.25, 0.3) is 5.91 Å². The predicted octanol–water partition coefficient (Wildman–Crippen LogP) is 3.31. The highest BCUT2D eigenvalue weighted by atomic mass is 16.3. The van der Waals surface area contributed by atoms with E-state index >= 15 is 0 Å². The number of aliphatic hydroxyl groups excluding tert-OH is 1. The zero-order valence-electron chi connectivity index (χ0n) is 17.6. The number of nitrogens with zero attached hydrogens (tertiary/aromatic N) is 1. The van der Waals surface area contributed by atoms with E-state index in [2.05, 4.69) is 22.3 Å². The lowest BCUT2D eigenvalue weighted by Crippen LogP contribution is -2.26. The number of benzene rings is 3. The summed E-state index contributed by atoms with van der Waals surface area (Å²) >= 11 is 0. The van der Waals surface area contributed by atoms with Gasteiger partial charge in [0.2, 0.25) is 0 Å². The van der Waals surface area contributed by atoms with Gasteiger partial charge in [-0.2, -0.15) is 0 Å². The molecule has 1 heterocycles. The molecule has 3 aromatic carbocycles. The molecule has 160 valence electrons. The Balaban J connectivity index is 1.47. The van der Waals surface area contributed by atoms with Gasteiger partial charge in [-0.1, -0.05) is 66.7 Å². The van der Waals surface area contributed by atoms with E-state index in [1.807, 2.05) is 60.7 Å². The van der Waals surface area contributed by atoms with E-state index in [0.29, 0.717) is 25.2 Å². The summed E-state index contributed by atoms with van der Waals surface area (Å²) in [5.41, 5.74) is 11.6. The maximum atomic E-state index is 13.1. The van der Waals surface area contributed by atoms with Crippen LogP contribution in [0.1, 0.15) is 33.5 Å². The molecule has 0 bridgehead atoms. The van der Waals surface area contributed by atoms with E-state index < -0.39 is 0 Å². The van der Waals surface area contributed by atoms with Crippen molar-refractivity contribution in [2.24, 2.45) is 5.73 Å². The highest BCUT2D eigenvalue weighted by Crippen LogP contribution is 2.24. The van der Waals surface area contributed by atoms with Crippen LogP contribution in [-0.4, -0.2) is 35.1 Å². The Kier molecular flexibility index (Phi) is 6.77. The smallest absolute Gasteiger partial charge is 0.252 e. The number of β-amino-alcohol motifs (C(OH)–C–C–N with tert-alkyl or cyclic N) is 1. The molecule has 1 saturated heterocycles. The van der Waals surface area contributed by atoms with Crippen molar-refractivity contribution in [1.29, 1.82) is 0 Å². The van der Waals surface area contributed by atoms with Gasteiger partial charge in [-0.05, 0) is 40.3 Å². The molecule has 0 aromatic heterocycles. The van der Waals surface area contributed by atoms with Gasteiger partial charge >= 0.3 is 0 Å². The fourth-order valence-electron chi connectivity index (χ4n) is 4.10. The molecule has 1 aliphatic heterocycles. The number of carbonyl (C=O) groups is 1. The van der Waals surface area contributed by atoms with Crippen molar-refractivity contribution in [3.8, 4) is 11.1 Å². The van der Waals surface area contributed by atoms with E-state index in [1.165, 1.54) is 5.56 Å². The fourth-order valence-corrected chi connectivity index (χ4v) is 4.10. The quantitative estimate of drug-likeness (QED) is 0.553. The summed E-state index contributed by atoms with van der Waals surface area (Å²) in [4.78, 5) is 15.3. The first kappa shape index (κ1) is 21.2. The Morgan fingerprint density at radius 3 is 2.42 bits per heavy atom. The predicted molar refractivity (Wildman–Crippen MR) is 123 cm³/mol. The lowest BCUT2D eigenvalue weighted by Gasteiger charge is -2.18. The third kappa shape index (κ3) is 5.20. The molecular formula is C26H29N3O2. The zero-order valence-corrected chi connectivity index (χ0v) is 17.6. The first-order chi connectivity index (χ1) is 15.1. The minimum absolute atomic E-state index is 0.0927. The van der Waals surface area contributed by atoms with E-state index in [1.54, 1.807) is 0 Å². The molecule has 5 heteroatoms. The Hall–Kier alpha value is -2.99. The molecule has 0 saturated carbocycles. The number of hydrogen-bond acceptors (Lipinski definition) is 4. The van der Waals surface area contributed by atoms with Crippen LogP contribution in [0.3, 0.4) is 0 Å². The maximum absolute atomic E-state index is 13.1. The molecular weight excluding hydrogens is 386 g/mol. The van der Waals surface area contributed by atoms with Crippen LogP contribution in [0.5, 0.6) is 0 Å². The number of aliphatic hydroxyl groups is 1. The number of rotatable bonds is 7. The maximum Gasteiger partial charge on any atom is 0.252 e. The van der Waals surface area contributed by atoms with Crippen LogP contribution in [0.15, 0.2) is 72.8 Å². The molecule has 0 radical (unpaired) electrons. The number of carbonyl (C=O) groups excluding carboxylic acids is 1. The largest absolute Gasteiger partial charge is 0.392 e. The topological polar surface area (TPSA) is 78.6 Å². The summed E-state index contributed by atoms with van der Waals surface area (Å²) in [5.74, 6) is -0.0927. The first-order valence-corrected chi connectivity index (χ1v) is 10.8. The summed E-state index contributed by atoms with van der Waals surface area (Å²) in [5, 5.41) is 12.9. The van der Waals surface area contributed by atoms with Gasteiger partial charge in [0.05, 0.1) is 6.10 Å². The Morgan fingerprint density at radius 2 is 1.71 bits per heavy atom. The summed E-state index contributed by atoms with van der Waals surface area (Å²) in [6, 6.07) is 23.8. The summed E-state index contributed by atoms with van der Waals surface area (Å²) in [6.07, 6.45) is 0.587. The molecule has 1 amide bonds. The van der Waals surface area contributed by atoms with Gasteiger partial charge in [0, 0.05) is 38.3 Å².